The smallest absolute Gasteiger partial charge is 0.0822 e. The van der Waals surface area contributed by atoms with Gasteiger partial charge in [0.2, 0.25) is 0 Å². The van der Waals surface area contributed by atoms with Gasteiger partial charge in [0.15, 0.2) is 0 Å². The second-order valence-electron chi connectivity index (χ2n) is 4.34. The van der Waals surface area contributed by atoms with Crippen LogP contribution >= 0.6 is 0 Å². The molecular weight excluding hydrogens is 186 g/mol. The number of aliphatic hydroxyl groups is 1. The van der Waals surface area contributed by atoms with Crippen molar-refractivity contribution in [2.75, 3.05) is 6.54 Å². The normalized spacial score (nSPS) is 26.3. The maximum Gasteiger partial charge on any atom is 0.0822 e. The molecule has 2 nitrogen and oxygen atoms in total. The van der Waals surface area contributed by atoms with E-state index < -0.39 is 0 Å². The lowest BCUT2D eigenvalue weighted by Crippen LogP contribution is -2.59. The van der Waals surface area contributed by atoms with E-state index in [1.807, 2.05) is 6.07 Å². The lowest BCUT2D eigenvalue weighted by molar-refractivity contribution is -0.0698. The predicted molar refractivity (Wildman–Crippen MR) is 61.6 cm³/mol. The molecule has 2 heteroatoms. The van der Waals surface area contributed by atoms with E-state index in [1.54, 1.807) is 0 Å². The van der Waals surface area contributed by atoms with Crippen LogP contribution in [0.4, 0.5) is 0 Å². The Bertz CT molecular complexity index is 299. The summed E-state index contributed by atoms with van der Waals surface area (Å²) < 4.78 is 0. The zero-order valence-corrected chi connectivity index (χ0v) is 9.26. The van der Waals surface area contributed by atoms with E-state index in [1.165, 1.54) is 5.56 Å². The second-order valence-corrected chi connectivity index (χ2v) is 4.34. The molecular formula is C13H19NO. The van der Waals surface area contributed by atoms with E-state index in [-0.39, 0.29) is 6.10 Å². The fourth-order valence-corrected chi connectivity index (χ4v) is 2.27. The van der Waals surface area contributed by atoms with Crippen molar-refractivity contribution in [1.82, 2.24) is 4.90 Å². The standard InChI is InChI=1S/C13H19NO/c1-2-6-12-13(15)10-14(12)9-11-7-4-3-5-8-11/h3-5,7-8,12-13,15H,2,6,9-10H2,1H3/t12-,13-/m0/s1. The molecule has 0 radical (unpaired) electrons. The highest BCUT2D eigenvalue weighted by molar-refractivity contribution is 5.15. The molecule has 0 unspecified atom stereocenters. The summed E-state index contributed by atoms with van der Waals surface area (Å²) in [4.78, 5) is 2.36. The Hall–Kier alpha value is -0.860. The molecule has 2 rings (SSSR count). The molecule has 1 aromatic carbocycles. The first kappa shape index (κ1) is 10.7. The van der Waals surface area contributed by atoms with Crippen molar-refractivity contribution in [3.8, 4) is 0 Å². The molecule has 1 heterocycles. The second kappa shape index (κ2) is 4.77. The molecule has 1 aromatic rings. The molecule has 0 bridgehead atoms. The van der Waals surface area contributed by atoms with Crippen LogP contribution in [-0.2, 0) is 6.54 Å². The summed E-state index contributed by atoms with van der Waals surface area (Å²) in [5, 5.41) is 9.65. The first-order valence-corrected chi connectivity index (χ1v) is 5.77. The van der Waals surface area contributed by atoms with Crippen LogP contribution in [0.2, 0.25) is 0 Å². The molecule has 1 aliphatic heterocycles. The van der Waals surface area contributed by atoms with Crippen molar-refractivity contribution in [2.24, 2.45) is 0 Å². The predicted octanol–water partition coefficient (Wildman–Crippen LogP) is 2.03. The van der Waals surface area contributed by atoms with Crippen LogP contribution in [0.25, 0.3) is 0 Å². The third-order valence-electron chi connectivity index (χ3n) is 3.15. The van der Waals surface area contributed by atoms with E-state index in [4.69, 9.17) is 0 Å². The van der Waals surface area contributed by atoms with Gasteiger partial charge in [-0.2, -0.15) is 0 Å². The minimum Gasteiger partial charge on any atom is -0.390 e. The number of nitrogens with zero attached hydrogens (tertiary/aromatic N) is 1. The topological polar surface area (TPSA) is 23.5 Å². The van der Waals surface area contributed by atoms with Crippen LogP contribution in [0.1, 0.15) is 25.3 Å². The lowest BCUT2D eigenvalue weighted by atomic mass is 9.94. The molecule has 15 heavy (non-hydrogen) atoms. The summed E-state index contributed by atoms with van der Waals surface area (Å²) >= 11 is 0. The third kappa shape index (κ3) is 2.39. The highest BCUT2D eigenvalue weighted by atomic mass is 16.3. The molecule has 1 saturated heterocycles. The molecule has 1 aliphatic rings. The monoisotopic (exact) mass is 205 g/mol. The lowest BCUT2D eigenvalue weighted by Gasteiger charge is -2.45. The summed E-state index contributed by atoms with van der Waals surface area (Å²) in [6.45, 7) is 3.98. The van der Waals surface area contributed by atoms with Gasteiger partial charge in [-0.25, -0.2) is 0 Å². The van der Waals surface area contributed by atoms with Crippen molar-refractivity contribution < 1.29 is 5.11 Å². The van der Waals surface area contributed by atoms with Crippen molar-refractivity contribution >= 4 is 0 Å². The van der Waals surface area contributed by atoms with Crippen LogP contribution in [-0.4, -0.2) is 28.7 Å². The number of hydrogen-bond acceptors (Lipinski definition) is 2. The van der Waals surface area contributed by atoms with Gasteiger partial charge in [0.05, 0.1) is 6.10 Å². The third-order valence-corrected chi connectivity index (χ3v) is 3.15. The van der Waals surface area contributed by atoms with Gasteiger partial charge in [-0.15, -0.1) is 0 Å². The van der Waals surface area contributed by atoms with Crippen molar-refractivity contribution in [3.05, 3.63) is 35.9 Å². The van der Waals surface area contributed by atoms with Crippen LogP contribution < -0.4 is 0 Å². The Balaban J connectivity index is 1.91. The van der Waals surface area contributed by atoms with Gasteiger partial charge in [-0.1, -0.05) is 43.7 Å². The summed E-state index contributed by atoms with van der Waals surface area (Å²) in [5.74, 6) is 0. The van der Waals surface area contributed by atoms with Crippen molar-refractivity contribution in [1.29, 1.82) is 0 Å². The SMILES string of the molecule is CCC[C@H]1[C@@H](O)CN1Cc1ccccc1. The van der Waals surface area contributed by atoms with Crippen LogP contribution in [0, 0.1) is 0 Å². The first-order valence-electron chi connectivity index (χ1n) is 5.77. The maximum absolute atomic E-state index is 9.65. The zero-order valence-electron chi connectivity index (χ0n) is 9.26. The number of benzene rings is 1. The minimum absolute atomic E-state index is 0.103. The summed E-state index contributed by atoms with van der Waals surface area (Å²) in [6.07, 6.45) is 2.15. The Kier molecular flexibility index (Phi) is 3.39. The number of hydrogen-bond donors (Lipinski definition) is 1. The van der Waals surface area contributed by atoms with Crippen molar-refractivity contribution in [3.63, 3.8) is 0 Å². The average molecular weight is 205 g/mol. The quantitative estimate of drug-likeness (QED) is 0.813. The fraction of sp³-hybridized carbons (Fsp3) is 0.538. The number of likely N-dealkylation sites (tertiary alicyclic amines) is 1. The number of β-amino-alcohol motifs (C(OH)–C–C–N with tert-alkyl or cyclic N) is 1. The van der Waals surface area contributed by atoms with Gasteiger partial charge in [0.25, 0.3) is 0 Å². The average Bonchev–Trinajstić information content (AvgIpc) is 2.27. The van der Waals surface area contributed by atoms with Crippen LogP contribution in [0.15, 0.2) is 30.3 Å². The van der Waals surface area contributed by atoms with Crippen LogP contribution in [0.3, 0.4) is 0 Å². The van der Waals surface area contributed by atoms with Gasteiger partial charge in [-0.05, 0) is 12.0 Å². The van der Waals surface area contributed by atoms with Gasteiger partial charge in [0, 0.05) is 19.1 Å². The maximum atomic E-state index is 9.65. The van der Waals surface area contributed by atoms with E-state index in [2.05, 4.69) is 36.1 Å². The van der Waals surface area contributed by atoms with Crippen molar-refractivity contribution in [2.45, 2.75) is 38.5 Å². The van der Waals surface area contributed by atoms with Gasteiger partial charge in [0.1, 0.15) is 0 Å². The molecule has 1 fully saturated rings. The van der Waals surface area contributed by atoms with E-state index in [9.17, 15) is 5.11 Å². The molecule has 0 aromatic heterocycles. The Labute approximate surface area is 91.5 Å². The van der Waals surface area contributed by atoms with Crippen LogP contribution in [0.5, 0.6) is 0 Å². The van der Waals surface area contributed by atoms with E-state index in [0.29, 0.717) is 6.04 Å². The van der Waals surface area contributed by atoms with Gasteiger partial charge >= 0.3 is 0 Å². The highest BCUT2D eigenvalue weighted by Crippen LogP contribution is 2.24. The molecule has 1 N–H and O–H groups in total. The Morgan fingerprint density at radius 3 is 2.67 bits per heavy atom. The van der Waals surface area contributed by atoms with Gasteiger partial charge < -0.3 is 5.11 Å². The molecule has 2 atom stereocenters. The Morgan fingerprint density at radius 1 is 1.33 bits per heavy atom. The molecule has 82 valence electrons. The number of aliphatic hydroxyl groups excluding tert-OH is 1. The molecule has 0 amide bonds. The summed E-state index contributed by atoms with van der Waals surface area (Å²) in [6, 6.07) is 10.9. The highest BCUT2D eigenvalue weighted by Gasteiger charge is 2.36. The molecule has 0 spiro atoms. The fourth-order valence-electron chi connectivity index (χ4n) is 2.27. The minimum atomic E-state index is -0.103. The van der Waals surface area contributed by atoms with E-state index >= 15 is 0 Å². The van der Waals surface area contributed by atoms with E-state index in [0.717, 1.165) is 25.9 Å². The molecule has 0 aliphatic carbocycles. The molecule has 0 saturated carbocycles. The largest absolute Gasteiger partial charge is 0.390 e. The summed E-state index contributed by atoms with van der Waals surface area (Å²) in [7, 11) is 0. The summed E-state index contributed by atoms with van der Waals surface area (Å²) in [5.41, 5.74) is 1.34. The number of rotatable bonds is 4. The van der Waals surface area contributed by atoms with Gasteiger partial charge in [-0.3, -0.25) is 4.90 Å². The Morgan fingerprint density at radius 2 is 2.07 bits per heavy atom. The zero-order chi connectivity index (χ0) is 10.7. The first-order chi connectivity index (χ1) is 7.31.